The summed E-state index contributed by atoms with van der Waals surface area (Å²) in [5, 5.41) is 13.6. The summed E-state index contributed by atoms with van der Waals surface area (Å²) in [5.41, 5.74) is 8.73. The van der Waals surface area contributed by atoms with Gasteiger partial charge in [0.25, 0.3) is 5.91 Å². The predicted molar refractivity (Wildman–Crippen MR) is 160 cm³/mol. The van der Waals surface area contributed by atoms with Crippen molar-refractivity contribution < 1.29 is 9.53 Å². The molecule has 0 aliphatic rings. The standard InChI is InChI=1S/C32H29N5O2S/c1-23-11-15-27(16-12-23)31-35-36-32(37(31)28-17-13-24(2)14-18-28)40-22-30(38)34-33-20-26-9-6-10-29(19-26)39-21-25-7-4-3-5-8-25/h3-20H,21-22H2,1-2H3,(H,34,38)/b33-20+. The van der Waals surface area contributed by atoms with Crippen LogP contribution in [0.25, 0.3) is 17.1 Å². The number of aryl methyl sites for hydroxylation is 2. The molecule has 0 bridgehead atoms. The third kappa shape index (κ3) is 7.03. The molecular formula is C32H29N5O2S. The largest absolute Gasteiger partial charge is 0.489 e. The van der Waals surface area contributed by atoms with Crippen LogP contribution >= 0.6 is 11.8 Å². The number of carbonyl (C=O) groups excluding carboxylic acids is 1. The number of hydrogen-bond acceptors (Lipinski definition) is 6. The number of benzene rings is 4. The van der Waals surface area contributed by atoms with Gasteiger partial charge in [0, 0.05) is 11.3 Å². The molecule has 0 saturated heterocycles. The zero-order valence-electron chi connectivity index (χ0n) is 22.3. The Morgan fingerprint density at radius 2 is 1.62 bits per heavy atom. The van der Waals surface area contributed by atoms with Crippen molar-refractivity contribution in [3.63, 3.8) is 0 Å². The first-order valence-electron chi connectivity index (χ1n) is 12.9. The molecule has 1 aromatic heterocycles. The van der Waals surface area contributed by atoms with Gasteiger partial charge < -0.3 is 4.74 Å². The summed E-state index contributed by atoms with van der Waals surface area (Å²) in [6, 6.07) is 33.9. The van der Waals surface area contributed by atoms with Crippen molar-refractivity contribution in [2.45, 2.75) is 25.6 Å². The molecule has 0 aliphatic carbocycles. The second-order valence-corrected chi connectivity index (χ2v) is 10.2. The van der Waals surface area contributed by atoms with E-state index in [-0.39, 0.29) is 11.7 Å². The van der Waals surface area contributed by atoms with E-state index in [0.29, 0.717) is 11.8 Å². The van der Waals surface area contributed by atoms with E-state index in [1.54, 1.807) is 6.21 Å². The molecule has 7 nitrogen and oxygen atoms in total. The minimum Gasteiger partial charge on any atom is -0.489 e. The Balaban J connectivity index is 1.22. The van der Waals surface area contributed by atoms with E-state index in [1.165, 1.54) is 17.3 Å². The first-order chi connectivity index (χ1) is 19.5. The highest BCUT2D eigenvalue weighted by atomic mass is 32.2. The number of rotatable bonds is 10. The van der Waals surface area contributed by atoms with Gasteiger partial charge in [0.15, 0.2) is 11.0 Å². The van der Waals surface area contributed by atoms with Crippen molar-refractivity contribution in [1.82, 2.24) is 20.2 Å². The van der Waals surface area contributed by atoms with E-state index in [4.69, 9.17) is 4.74 Å². The highest BCUT2D eigenvalue weighted by Gasteiger charge is 2.17. The van der Waals surface area contributed by atoms with E-state index in [2.05, 4.69) is 20.7 Å². The van der Waals surface area contributed by atoms with Crippen LogP contribution in [0.1, 0.15) is 22.3 Å². The smallest absolute Gasteiger partial charge is 0.250 e. The number of nitrogens with zero attached hydrogens (tertiary/aromatic N) is 4. The van der Waals surface area contributed by atoms with Crippen LogP contribution in [-0.4, -0.2) is 32.6 Å². The van der Waals surface area contributed by atoms with Crippen LogP contribution in [0.2, 0.25) is 0 Å². The van der Waals surface area contributed by atoms with Crippen LogP contribution < -0.4 is 10.2 Å². The summed E-state index contributed by atoms with van der Waals surface area (Å²) in [7, 11) is 0. The number of carbonyl (C=O) groups is 1. The van der Waals surface area contributed by atoms with Gasteiger partial charge in [0.2, 0.25) is 0 Å². The quantitative estimate of drug-likeness (QED) is 0.125. The zero-order chi connectivity index (χ0) is 27.7. The lowest BCUT2D eigenvalue weighted by atomic mass is 10.1. The third-order valence-electron chi connectivity index (χ3n) is 6.08. The topological polar surface area (TPSA) is 81.4 Å². The number of aromatic nitrogens is 3. The van der Waals surface area contributed by atoms with E-state index in [9.17, 15) is 4.79 Å². The second-order valence-electron chi connectivity index (χ2n) is 9.27. The van der Waals surface area contributed by atoms with Crippen LogP contribution in [0.15, 0.2) is 113 Å². The summed E-state index contributed by atoms with van der Waals surface area (Å²) in [6.45, 7) is 4.58. The fraction of sp³-hybridized carbons (Fsp3) is 0.125. The number of hydrazone groups is 1. The fourth-order valence-corrected chi connectivity index (χ4v) is 4.69. The SMILES string of the molecule is Cc1ccc(-c2nnc(SCC(=O)N/N=C/c3cccc(OCc4ccccc4)c3)n2-c2ccc(C)cc2)cc1. The van der Waals surface area contributed by atoms with Gasteiger partial charge in [0.1, 0.15) is 12.4 Å². The Morgan fingerprint density at radius 3 is 2.38 bits per heavy atom. The van der Waals surface area contributed by atoms with Gasteiger partial charge >= 0.3 is 0 Å². The Bertz CT molecular complexity index is 1600. The molecule has 0 spiro atoms. The molecule has 0 atom stereocenters. The number of thioether (sulfide) groups is 1. The lowest BCUT2D eigenvalue weighted by Crippen LogP contribution is -2.20. The van der Waals surface area contributed by atoms with Crippen molar-refractivity contribution in [2.24, 2.45) is 5.10 Å². The summed E-state index contributed by atoms with van der Waals surface area (Å²) < 4.78 is 7.85. The molecule has 5 aromatic rings. The number of amides is 1. The van der Waals surface area contributed by atoms with Gasteiger partial charge in [-0.05, 0) is 49.2 Å². The predicted octanol–water partition coefficient (Wildman–Crippen LogP) is 6.37. The monoisotopic (exact) mass is 547 g/mol. The van der Waals surface area contributed by atoms with Crippen LogP contribution in [0, 0.1) is 13.8 Å². The zero-order valence-corrected chi connectivity index (χ0v) is 23.1. The maximum atomic E-state index is 12.6. The Kier molecular flexibility index (Phi) is 8.68. The summed E-state index contributed by atoms with van der Waals surface area (Å²) >= 11 is 1.31. The highest BCUT2D eigenvalue weighted by Crippen LogP contribution is 2.28. The van der Waals surface area contributed by atoms with Crippen molar-refractivity contribution in [1.29, 1.82) is 0 Å². The first kappa shape index (κ1) is 26.9. The van der Waals surface area contributed by atoms with Gasteiger partial charge in [0.05, 0.1) is 12.0 Å². The lowest BCUT2D eigenvalue weighted by molar-refractivity contribution is -0.118. The Hall–Kier alpha value is -4.69. The van der Waals surface area contributed by atoms with E-state index < -0.39 is 0 Å². The van der Waals surface area contributed by atoms with E-state index in [0.717, 1.165) is 39.5 Å². The van der Waals surface area contributed by atoms with Crippen LogP contribution in [-0.2, 0) is 11.4 Å². The minimum atomic E-state index is -0.243. The highest BCUT2D eigenvalue weighted by molar-refractivity contribution is 7.99. The number of nitrogens with one attached hydrogen (secondary N) is 1. The van der Waals surface area contributed by atoms with E-state index >= 15 is 0 Å². The second kappa shape index (κ2) is 12.9. The van der Waals surface area contributed by atoms with Gasteiger partial charge in [-0.1, -0.05) is 102 Å². The van der Waals surface area contributed by atoms with Gasteiger partial charge in [-0.15, -0.1) is 10.2 Å². The molecule has 1 heterocycles. The molecule has 8 heteroatoms. The van der Waals surface area contributed by atoms with Gasteiger partial charge in [-0.3, -0.25) is 9.36 Å². The number of hydrogen-bond donors (Lipinski definition) is 1. The van der Waals surface area contributed by atoms with Crippen LogP contribution in [0.5, 0.6) is 5.75 Å². The van der Waals surface area contributed by atoms with Crippen molar-refractivity contribution >= 4 is 23.9 Å². The molecular weight excluding hydrogens is 518 g/mol. The normalized spacial score (nSPS) is 11.1. The van der Waals surface area contributed by atoms with Crippen molar-refractivity contribution in [3.8, 4) is 22.8 Å². The van der Waals surface area contributed by atoms with Crippen LogP contribution in [0.3, 0.4) is 0 Å². The average molecular weight is 548 g/mol. The first-order valence-corrected chi connectivity index (χ1v) is 13.8. The summed E-state index contributed by atoms with van der Waals surface area (Å²) in [6.07, 6.45) is 1.60. The van der Waals surface area contributed by atoms with Gasteiger partial charge in [-0.2, -0.15) is 5.10 Å². The molecule has 1 amide bonds. The Morgan fingerprint density at radius 1 is 0.900 bits per heavy atom. The van der Waals surface area contributed by atoms with Crippen molar-refractivity contribution in [3.05, 3.63) is 125 Å². The summed E-state index contributed by atoms with van der Waals surface area (Å²) in [4.78, 5) is 12.6. The molecule has 0 aliphatic heterocycles. The molecule has 0 saturated carbocycles. The molecule has 5 rings (SSSR count). The van der Waals surface area contributed by atoms with Crippen molar-refractivity contribution in [2.75, 3.05) is 5.75 Å². The lowest BCUT2D eigenvalue weighted by Gasteiger charge is -2.11. The maximum Gasteiger partial charge on any atom is 0.250 e. The molecule has 0 fully saturated rings. The molecule has 0 radical (unpaired) electrons. The minimum absolute atomic E-state index is 0.134. The fourth-order valence-electron chi connectivity index (χ4n) is 3.95. The molecule has 200 valence electrons. The average Bonchev–Trinajstić information content (AvgIpc) is 3.40. The molecule has 4 aromatic carbocycles. The third-order valence-corrected chi connectivity index (χ3v) is 7.01. The maximum absolute atomic E-state index is 12.6. The molecule has 1 N–H and O–H groups in total. The molecule has 0 unspecified atom stereocenters. The van der Waals surface area contributed by atoms with Gasteiger partial charge in [-0.25, -0.2) is 5.43 Å². The summed E-state index contributed by atoms with van der Waals surface area (Å²) in [5.74, 6) is 1.34. The van der Waals surface area contributed by atoms with Crippen LogP contribution in [0.4, 0.5) is 0 Å². The van der Waals surface area contributed by atoms with E-state index in [1.807, 2.05) is 122 Å². The number of ether oxygens (including phenoxy) is 1. The Labute approximate surface area is 237 Å². The molecule has 40 heavy (non-hydrogen) atoms.